The number of carboxylic acids is 1. The lowest BCUT2D eigenvalue weighted by molar-refractivity contribution is -0.505. The average molecular weight is 239 g/mol. The number of allylic oxidation sites excluding steroid dienone is 2. The first kappa shape index (κ1) is 12.1. The van der Waals surface area contributed by atoms with Crippen LogP contribution >= 0.6 is 0 Å². The van der Waals surface area contributed by atoms with Crippen LogP contribution in [-0.4, -0.2) is 22.5 Å². The molecule has 0 aromatic carbocycles. The highest BCUT2D eigenvalue weighted by Gasteiger charge is 2.58. The second-order valence-corrected chi connectivity index (χ2v) is 5.30. The highest BCUT2D eigenvalue weighted by molar-refractivity contribution is 5.68. The summed E-state index contributed by atoms with van der Waals surface area (Å²) in [5, 5.41) is 19.6. The molecule has 5 heteroatoms. The third-order valence-corrected chi connectivity index (χ3v) is 4.22. The average Bonchev–Trinajstić information content (AvgIpc) is 2.54. The van der Waals surface area contributed by atoms with E-state index in [1.807, 2.05) is 0 Å². The van der Waals surface area contributed by atoms with Crippen LogP contribution in [-0.2, 0) is 4.79 Å². The Bertz CT molecular complexity index is 372. The van der Waals surface area contributed by atoms with Crippen LogP contribution in [0.2, 0.25) is 0 Å². The lowest BCUT2D eigenvalue weighted by Gasteiger charge is -2.48. The van der Waals surface area contributed by atoms with Crippen molar-refractivity contribution in [3.63, 3.8) is 0 Å². The predicted octanol–water partition coefficient (Wildman–Crippen LogP) is 2.10. The van der Waals surface area contributed by atoms with Crippen molar-refractivity contribution in [2.24, 2.45) is 17.3 Å². The van der Waals surface area contributed by atoms with Gasteiger partial charge in [-0.3, -0.25) is 14.9 Å². The molecule has 94 valence electrons. The number of hydrogen-bond donors (Lipinski definition) is 1. The monoisotopic (exact) mass is 239 g/mol. The zero-order valence-corrected chi connectivity index (χ0v) is 9.89. The van der Waals surface area contributed by atoms with Crippen molar-refractivity contribution in [3.8, 4) is 0 Å². The molecular formula is C12H17NO4. The summed E-state index contributed by atoms with van der Waals surface area (Å²) in [7, 11) is 0. The zero-order valence-electron chi connectivity index (χ0n) is 9.89. The Kier molecular flexibility index (Phi) is 2.93. The van der Waals surface area contributed by atoms with Crippen LogP contribution in [0.5, 0.6) is 0 Å². The van der Waals surface area contributed by atoms with E-state index in [9.17, 15) is 14.9 Å². The van der Waals surface area contributed by atoms with Gasteiger partial charge < -0.3 is 5.11 Å². The van der Waals surface area contributed by atoms with Crippen LogP contribution in [0.3, 0.4) is 0 Å². The number of carbonyl (C=O) groups is 1. The number of fused-ring (bicyclic) bond motifs is 1. The van der Waals surface area contributed by atoms with Gasteiger partial charge in [-0.2, -0.15) is 0 Å². The van der Waals surface area contributed by atoms with Crippen molar-refractivity contribution in [3.05, 3.63) is 21.8 Å². The van der Waals surface area contributed by atoms with E-state index in [-0.39, 0.29) is 23.8 Å². The molecule has 2 aliphatic carbocycles. The van der Waals surface area contributed by atoms with E-state index in [1.165, 1.54) is 5.57 Å². The van der Waals surface area contributed by atoms with Gasteiger partial charge in [0.05, 0.1) is 11.8 Å². The normalized spacial score (nSPS) is 34.8. The fraction of sp³-hybridized carbons (Fsp3) is 0.750. The Morgan fingerprint density at radius 1 is 1.71 bits per heavy atom. The Hall–Kier alpha value is -1.39. The number of nitro groups is 1. The molecule has 1 saturated carbocycles. The molecule has 0 aliphatic heterocycles. The van der Waals surface area contributed by atoms with Crippen molar-refractivity contribution in [1.29, 1.82) is 0 Å². The maximum Gasteiger partial charge on any atom is 0.304 e. The molecule has 5 nitrogen and oxygen atoms in total. The molecule has 0 amide bonds. The minimum absolute atomic E-state index is 0.0807. The molecule has 1 N–H and O–H groups in total. The smallest absolute Gasteiger partial charge is 0.304 e. The third-order valence-electron chi connectivity index (χ3n) is 4.22. The van der Waals surface area contributed by atoms with Crippen LogP contribution in [0.1, 0.15) is 32.6 Å². The topological polar surface area (TPSA) is 80.4 Å². The first-order chi connectivity index (χ1) is 7.97. The van der Waals surface area contributed by atoms with E-state index < -0.39 is 11.4 Å². The van der Waals surface area contributed by atoms with Gasteiger partial charge in [0.2, 0.25) is 6.54 Å². The molecule has 0 aromatic rings. The first-order valence-electron chi connectivity index (χ1n) is 6.00. The van der Waals surface area contributed by atoms with Gasteiger partial charge in [-0.15, -0.1) is 0 Å². The fourth-order valence-corrected chi connectivity index (χ4v) is 3.53. The van der Waals surface area contributed by atoms with Crippen molar-refractivity contribution in [1.82, 2.24) is 0 Å². The van der Waals surface area contributed by atoms with Gasteiger partial charge in [0.15, 0.2) is 0 Å². The van der Waals surface area contributed by atoms with Crippen LogP contribution in [0.15, 0.2) is 11.6 Å². The quantitative estimate of drug-likeness (QED) is 0.452. The summed E-state index contributed by atoms with van der Waals surface area (Å²) in [4.78, 5) is 21.2. The van der Waals surface area contributed by atoms with E-state index in [1.54, 1.807) is 0 Å². The third kappa shape index (κ3) is 2.06. The lowest BCUT2D eigenvalue weighted by Crippen LogP contribution is -2.50. The van der Waals surface area contributed by atoms with Gasteiger partial charge >= 0.3 is 5.97 Å². The maximum absolute atomic E-state index is 10.9. The van der Waals surface area contributed by atoms with Gasteiger partial charge in [0.25, 0.3) is 0 Å². The predicted molar refractivity (Wildman–Crippen MR) is 61.1 cm³/mol. The molecular weight excluding hydrogens is 222 g/mol. The Labute approximate surface area is 99.7 Å². The van der Waals surface area contributed by atoms with Gasteiger partial charge in [0, 0.05) is 4.92 Å². The second-order valence-electron chi connectivity index (χ2n) is 5.30. The summed E-state index contributed by atoms with van der Waals surface area (Å²) >= 11 is 0. The number of nitrogens with zero attached hydrogens (tertiary/aromatic N) is 1. The van der Waals surface area contributed by atoms with Gasteiger partial charge in [-0.1, -0.05) is 18.6 Å². The molecule has 3 atom stereocenters. The van der Waals surface area contributed by atoms with Crippen molar-refractivity contribution in [2.75, 3.05) is 6.54 Å². The first-order valence-corrected chi connectivity index (χ1v) is 6.00. The van der Waals surface area contributed by atoms with Gasteiger partial charge in [0.1, 0.15) is 0 Å². The lowest BCUT2D eigenvalue weighted by atomic mass is 9.53. The van der Waals surface area contributed by atoms with E-state index in [0.717, 1.165) is 12.8 Å². The number of carboxylic acid groups (broad SMARTS) is 1. The van der Waals surface area contributed by atoms with E-state index >= 15 is 0 Å². The molecule has 17 heavy (non-hydrogen) atoms. The number of aliphatic carboxylic acids is 1. The number of hydrogen-bond acceptors (Lipinski definition) is 3. The Morgan fingerprint density at radius 2 is 2.41 bits per heavy atom. The maximum atomic E-state index is 10.9. The Morgan fingerprint density at radius 3 is 2.94 bits per heavy atom. The summed E-state index contributed by atoms with van der Waals surface area (Å²) < 4.78 is 0. The van der Waals surface area contributed by atoms with Crippen molar-refractivity contribution >= 4 is 5.97 Å². The van der Waals surface area contributed by atoms with Crippen LogP contribution < -0.4 is 0 Å². The summed E-state index contributed by atoms with van der Waals surface area (Å²) in [6, 6.07) is 0. The summed E-state index contributed by atoms with van der Waals surface area (Å²) in [6.45, 7) is 1.86. The molecule has 0 saturated heterocycles. The van der Waals surface area contributed by atoms with Crippen LogP contribution in [0, 0.1) is 27.4 Å². The summed E-state index contributed by atoms with van der Waals surface area (Å²) in [6.07, 6.45) is 4.67. The van der Waals surface area contributed by atoms with E-state index in [2.05, 4.69) is 13.0 Å². The van der Waals surface area contributed by atoms with Gasteiger partial charge in [-0.25, -0.2) is 0 Å². The molecule has 0 bridgehead atoms. The Balaban J connectivity index is 2.17. The minimum Gasteiger partial charge on any atom is -0.481 e. The van der Waals surface area contributed by atoms with Crippen LogP contribution in [0.25, 0.3) is 0 Å². The molecule has 0 radical (unpaired) electrons. The van der Waals surface area contributed by atoms with Crippen molar-refractivity contribution < 1.29 is 14.8 Å². The summed E-state index contributed by atoms with van der Waals surface area (Å²) in [5.74, 6) is -0.369. The standard InChI is InChI=1S/C12H17NO4/c1-2-8-3-9-5-12(6-11(14)15,7-13(16)17)10(9)4-8/h4,9-10H,2-3,5-7H2,1H3,(H,14,15)/t9-,10-,12+/m1/s1. The van der Waals surface area contributed by atoms with E-state index in [0.29, 0.717) is 12.3 Å². The molecule has 0 heterocycles. The molecule has 0 spiro atoms. The highest BCUT2D eigenvalue weighted by atomic mass is 16.6. The van der Waals surface area contributed by atoms with Crippen LogP contribution in [0.4, 0.5) is 0 Å². The molecule has 0 unspecified atom stereocenters. The number of rotatable bonds is 5. The largest absolute Gasteiger partial charge is 0.481 e. The van der Waals surface area contributed by atoms with Gasteiger partial charge in [-0.05, 0) is 31.1 Å². The molecule has 1 fully saturated rings. The summed E-state index contributed by atoms with van der Waals surface area (Å²) in [5.41, 5.74) is 0.701. The molecule has 0 aromatic heterocycles. The fourth-order valence-electron chi connectivity index (χ4n) is 3.53. The van der Waals surface area contributed by atoms with E-state index in [4.69, 9.17) is 5.11 Å². The molecule has 2 aliphatic rings. The SMILES string of the molecule is CCC1=C[C@@H]2[C@H](C1)C[C@]2(CC(=O)O)C[N+](=O)[O-]. The van der Waals surface area contributed by atoms with Crippen molar-refractivity contribution in [2.45, 2.75) is 32.6 Å². The second kappa shape index (κ2) is 4.13. The molecule has 2 rings (SSSR count). The zero-order chi connectivity index (χ0) is 12.6. The minimum atomic E-state index is -0.927. The highest BCUT2D eigenvalue weighted by Crippen LogP contribution is 2.60.